The van der Waals surface area contributed by atoms with E-state index in [1.165, 1.54) is 0 Å². The summed E-state index contributed by atoms with van der Waals surface area (Å²) in [5.41, 5.74) is 9.72. The first-order valence-corrected chi connectivity index (χ1v) is 13.5. The molecule has 0 saturated carbocycles. The molecule has 1 atom stereocenters. The molecule has 1 saturated heterocycles. The summed E-state index contributed by atoms with van der Waals surface area (Å²) < 4.78 is 16.7. The summed E-state index contributed by atoms with van der Waals surface area (Å²) in [7, 11) is 0. The molecular weight excluding hydrogens is 564 g/mol. The first-order valence-electron chi connectivity index (χ1n) is 12.7. The molecule has 3 aromatic carbocycles. The standard InChI is InChI=1S/C30H31BrN2O6/c1-20(22-8-5-9-23(16-22)28(34)21-6-3-2-4-7-21)29(35)38-14-15-39-30(36)24-17-25(27(32)26(31)18-24)19-33-10-12-37-13-11-33/h2-9,16-18,20H,10-15,19,32H2,1H3. The minimum Gasteiger partial charge on any atom is -0.462 e. The van der Waals surface area contributed by atoms with Gasteiger partial charge in [0.25, 0.3) is 0 Å². The van der Waals surface area contributed by atoms with Crippen molar-refractivity contribution in [2.75, 3.05) is 45.3 Å². The Bertz CT molecular complexity index is 1320. The van der Waals surface area contributed by atoms with Crippen LogP contribution in [-0.2, 0) is 25.5 Å². The molecule has 0 bridgehead atoms. The zero-order valence-electron chi connectivity index (χ0n) is 21.7. The topological polar surface area (TPSA) is 108 Å². The van der Waals surface area contributed by atoms with Crippen molar-refractivity contribution in [1.82, 2.24) is 4.90 Å². The third-order valence-corrected chi connectivity index (χ3v) is 7.20. The summed E-state index contributed by atoms with van der Waals surface area (Å²) in [6, 6.07) is 19.3. The third-order valence-electron chi connectivity index (χ3n) is 6.55. The zero-order valence-corrected chi connectivity index (χ0v) is 23.3. The van der Waals surface area contributed by atoms with Crippen molar-refractivity contribution in [3.8, 4) is 0 Å². The molecule has 0 aromatic heterocycles. The molecule has 2 N–H and O–H groups in total. The number of ether oxygens (including phenoxy) is 3. The van der Waals surface area contributed by atoms with Gasteiger partial charge in [0, 0.05) is 35.2 Å². The number of anilines is 1. The largest absolute Gasteiger partial charge is 0.462 e. The summed E-state index contributed by atoms with van der Waals surface area (Å²) in [6.45, 7) is 5.05. The first-order chi connectivity index (χ1) is 18.8. The van der Waals surface area contributed by atoms with E-state index < -0.39 is 17.9 Å². The smallest absolute Gasteiger partial charge is 0.338 e. The van der Waals surface area contributed by atoms with Crippen molar-refractivity contribution < 1.29 is 28.6 Å². The van der Waals surface area contributed by atoms with Crippen molar-refractivity contribution in [2.45, 2.75) is 19.4 Å². The number of nitrogens with two attached hydrogens (primary N) is 1. The molecular formula is C30H31BrN2O6. The van der Waals surface area contributed by atoms with E-state index in [2.05, 4.69) is 20.8 Å². The maximum atomic E-state index is 12.8. The number of carbonyl (C=O) groups excluding carboxylic acids is 3. The summed E-state index contributed by atoms with van der Waals surface area (Å²) in [4.78, 5) is 40.3. The molecule has 1 aliphatic rings. The lowest BCUT2D eigenvalue weighted by atomic mass is 9.96. The van der Waals surface area contributed by atoms with Gasteiger partial charge in [-0.25, -0.2) is 4.79 Å². The molecule has 9 heteroatoms. The molecule has 1 unspecified atom stereocenters. The van der Waals surface area contributed by atoms with Gasteiger partial charge in [-0.2, -0.15) is 0 Å². The second kappa shape index (κ2) is 13.5. The Balaban J connectivity index is 1.29. The number of nitrogen functional groups attached to an aromatic ring is 1. The van der Waals surface area contributed by atoms with E-state index in [9.17, 15) is 14.4 Å². The average molecular weight is 595 g/mol. The molecule has 1 fully saturated rings. The van der Waals surface area contributed by atoms with E-state index in [0.29, 0.717) is 52.2 Å². The lowest BCUT2D eigenvalue weighted by Crippen LogP contribution is -2.35. The number of benzene rings is 3. The van der Waals surface area contributed by atoms with Crippen LogP contribution in [0.1, 0.15) is 50.2 Å². The number of ketones is 1. The van der Waals surface area contributed by atoms with E-state index in [-0.39, 0.29) is 19.0 Å². The minimum absolute atomic E-state index is 0.0890. The Morgan fingerprint density at radius 3 is 2.36 bits per heavy atom. The van der Waals surface area contributed by atoms with Gasteiger partial charge in [-0.15, -0.1) is 0 Å². The highest BCUT2D eigenvalue weighted by molar-refractivity contribution is 9.10. The lowest BCUT2D eigenvalue weighted by molar-refractivity contribution is -0.146. The number of hydrogen-bond donors (Lipinski definition) is 1. The number of hydrogen-bond acceptors (Lipinski definition) is 8. The monoisotopic (exact) mass is 594 g/mol. The highest BCUT2D eigenvalue weighted by Gasteiger charge is 2.20. The van der Waals surface area contributed by atoms with Crippen molar-refractivity contribution in [1.29, 1.82) is 0 Å². The number of carbonyl (C=O) groups is 3. The van der Waals surface area contributed by atoms with Crippen molar-refractivity contribution in [2.24, 2.45) is 0 Å². The Hall–Kier alpha value is -3.53. The Morgan fingerprint density at radius 1 is 0.923 bits per heavy atom. The highest BCUT2D eigenvalue weighted by atomic mass is 79.9. The number of rotatable bonds is 10. The van der Waals surface area contributed by atoms with Gasteiger partial charge in [-0.1, -0.05) is 48.5 Å². The van der Waals surface area contributed by atoms with Crippen LogP contribution in [0.5, 0.6) is 0 Å². The van der Waals surface area contributed by atoms with Crippen LogP contribution in [0.2, 0.25) is 0 Å². The van der Waals surface area contributed by atoms with Gasteiger partial charge in [0.05, 0.1) is 30.4 Å². The Morgan fingerprint density at radius 2 is 1.62 bits per heavy atom. The van der Waals surface area contributed by atoms with Gasteiger partial charge >= 0.3 is 11.9 Å². The van der Waals surface area contributed by atoms with Crippen LogP contribution in [0.4, 0.5) is 5.69 Å². The fourth-order valence-corrected chi connectivity index (χ4v) is 4.75. The van der Waals surface area contributed by atoms with Crippen LogP contribution in [0, 0.1) is 0 Å². The van der Waals surface area contributed by atoms with Gasteiger partial charge in [0.15, 0.2) is 5.78 Å². The first kappa shape index (κ1) is 28.5. The number of esters is 2. The second-order valence-electron chi connectivity index (χ2n) is 9.27. The molecule has 0 amide bonds. The van der Waals surface area contributed by atoms with E-state index in [4.69, 9.17) is 19.9 Å². The molecule has 0 aliphatic carbocycles. The molecule has 4 rings (SSSR count). The fourth-order valence-electron chi connectivity index (χ4n) is 4.25. The number of halogens is 1. The van der Waals surface area contributed by atoms with Crippen molar-refractivity contribution in [3.05, 3.63) is 99.0 Å². The van der Waals surface area contributed by atoms with Gasteiger partial charge in [0.1, 0.15) is 13.2 Å². The SMILES string of the molecule is CC(C(=O)OCCOC(=O)c1cc(Br)c(N)c(CN2CCOCC2)c1)c1cccc(C(=O)c2ccccc2)c1. The molecule has 0 spiro atoms. The van der Waals surface area contributed by atoms with Gasteiger partial charge in [0.2, 0.25) is 0 Å². The van der Waals surface area contributed by atoms with Crippen LogP contribution in [-0.4, -0.2) is 62.1 Å². The van der Waals surface area contributed by atoms with Crippen LogP contribution in [0.3, 0.4) is 0 Å². The second-order valence-corrected chi connectivity index (χ2v) is 10.1. The predicted molar refractivity (Wildman–Crippen MR) is 151 cm³/mol. The van der Waals surface area contributed by atoms with Crippen molar-refractivity contribution in [3.63, 3.8) is 0 Å². The molecule has 39 heavy (non-hydrogen) atoms. The zero-order chi connectivity index (χ0) is 27.8. The molecule has 1 heterocycles. The summed E-state index contributed by atoms with van der Waals surface area (Å²) >= 11 is 3.43. The van der Waals surface area contributed by atoms with E-state index in [1.54, 1.807) is 67.6 Å². The van der Waals surface area contributed by atoms with Crippen LogP contribution in [0.25, 0.3) is 0 Å². The van der Waals surface area contributed by atoms with Crippen LogP contribution in [0.15, 0.2) is 71.2 Å². The third kappa shape index (κ3) is 7.53. The van der Waals surface area contributed by atoms with Gasteiger partial charge < -0.3 is 19.9 Å². The van der Waals surface area contributed by atoms with Crippen molar-refractivity contribution >= 4 is 39.3 Å². The summed E-state index contributed by atoms with van der Waals surface area (Å²) in [6.07, 6.45) is 0. The van der Waals surface area contributed by atoms with Gasteiger partial charge in [-0.05, 0) is 52.2 Å². The quantitative estimate of drug-likeness (QED) is 0.157. The lowest BCUT2D eigenvalue weighted by Gasteiger charge is -2.27. The minimum atomic E-state index is -0.597. The highest BCUT2D eigenvalue weighted by Crippen LogP contribution is 2.27. The van der Waals surface area contributed by atoms with Crippen LogP contribution >= 0.6 is 15.9 Å². The van der Waals surface area contributed by atoms with E-state index in [0.717, 1.165) is 18.7 Å². The summed E-state index contributed by atoms with van der Waals surface area (Å²) in [5, 5.41) is 0. The molecule has 0 radical (unpaired) electrons. The predicted octanol–water partition coefficient (Wildman–Crippen LogP) is 4.60. The maximum absolute atomic E-state index is 12.8. The molecule has 8 nitrogen and oxygen atoms in total. The number of morpholine rings is 1. The molecule has 204 valence electrons. The normalized spacial score (nSPS) is 14.4. The Labute approximate surface area is 236 Å². The van der Waals surface area contributed by atoms with Gasteiger partial charge in [-0.3, -0.25) is 14.5 Å². The fraction of sp³-hybridized carbons (Fsp3) is 0.300. The maximum Gasteiger partial charge on any atom is 0.338 e. The molecule has 3 aromatic rings. The van der Waals surface area contributed by atoms with E-state index in [1.807, 2.05) is 6.07 Å². The molecule has 1 aliphatic heterocycles. The number of nitrogens with zero attached hydrogens (tertiary/aromatic N) is 1. The van der Waals surface area contributed by atoms with E-state index >= 15 is 0 Å². The average Bonchev–Trinajstić information content (AvgIpc) is 2.97. The Kier molecular flexibility index (Phi) is 9.86. The van der Waals surface area contributed by atoms with Crippen LogP contribution < -0.4 is 5.73 Å². The summed E-state index contributed by atoms with van der Waals surface area (Å²) in [5.74, 6) is -1.72.